The summed E-state index contributed by atoms with van der Waals surface area (Å²) in [4.78, 5) is 36.7. The molecule has 6 nitrogen and oxygen atoms in total. The van der Waals surface area contributed by atoms with Crippen LogP contribution in [-0.2, 0) is 9.53 Å². The van der Waals surface area contributed by atoms with Gasteiger partial charge in [0.15, 0.2) is 12.4 Å². The van der Waals surface area contributed by atoms with Gasteiger partial charge in [-0.1, -0.05) is 30.3 Å². The Kier molecular flexibility index (Phi) is 6.28. The molecule has 0 saturated carbocycles. The van der Waals surface area contributed by atoms with Gasteiger partial charge in [-0.05, 0) is 58.7 Å². The molecule has 1 heterocycles. The smallest absolute Gasteiger partial charge is 0.408 e. The van der Waals surface area contributed by atoms with Gasteiger partial charge in [-0.3, -0.25) is 9.69 Å². The number of nitrogens with zero attached hydrogens (tertiary/aromatic N) is 1. The Morgan fingerprint density at radius 3 is 2.61 bits per heavy atom. The van der Waals surface area contributed by atoms with Gasteiger partial charge in [0.25, 0.3) is 0 Å². The fraction of sp³-hybridized carbons (Fsp3) is 0.250. The van der Waals surface area contributed by atoms with Gasteiger partial charge in [0.2, 0.25) is 0 Å². The van der Waals surface area contributed by atoms with E-state index in [1.807, 2.05) is 52.9 Å². The lowest BCUT2D eigenvalue weighted by molar-refractivity contribution is -0.147. The van der Waals surface area contributed by atoms with Crippen molar-refractivity contribution < 1.29 is 28.6 Å². The van der Waals surface area contributed by atoms with Gasteiger partial charge in [0, 0.05) is 12.1 Å². The van der Waals surface area contributed by atoms with Crippen molar-refractivity contribution in [3.05, 3.63) is 57.4 Å². The maximum absolute atomic E-state index is 14.3. The Balaban J connectivity index is 1.74. The van der Waals surface area contributed by atoms with Crippen LogP contribution in [0.4, 0.5) is 9.18 Å². The largest absolute Gasteiger partial charge is 0.465 e. The van der Waals surface area contributed by atoms with Gasteiger partial charge in [-0.2, -0.15) is 0 Å². The molecule has 1 amide bonds. The highest BCUT2D eigenvalue weighted by molar-refractivity contribution is 14.1. The second-order valence-corrected chi connectivity index (χ2v) is 7.43. The van der Waals surface area contributed by atoms with Crippen LogP contribution in [0.25, 0.3) is 11.1 Å². The Labute approximate surface area is 174 Å². The summed E-state index contributed by atoms with van der Waals surface area (Å²) in [6, 6.07) is 10.9. The van der Waals surface area contributed by atoms with Crippen LogP contribution in [0.15, 0.2) is 42.5 Å². The lowest BCUT2D eigenvalue weighted by Gasteiger charge is -2.19. The molecule has 0 aliphatic carbocycles. The summed E-state index contributed by atoms with van der Waals surface area (Å²) >= 11 is 1.88. The molecule has 0 radical (unpaired) electrons. The topological polar surface area (TPSA) is 83.9 Å². The van der Waals surface area contributed by atoms with Crippen molar-refractivity contribution in [3.63, 3.8) is 0 Å². The molecular weight excluding hydrogens is 480 g/mol. The predicted molar refractivity (Wildman–Crippen MR) is 108 cm³/mol. The number of amides is 1. The zero-order valence-corrected chi connectivity index (χ0v) is 16.9. The van der Waals surface area contributed by atoms with Crippen molar-refractivity contribution in [3.8, 4) is 11.1 Å². The van der Waals surface area contributed by atoms with E-state index in [2.05, 4.69) is 0 Å². The van der Waals surface area contributed by atoms with Gasteiger partial charge >= 0.3 is 12.1 Å². The van der Waals surface area contributed by atoms with Gasteiger partial charge in [-0.15, -0.1) is 0 Å². The van der Waals surface area contributed by atoms with Crippen LogP contribution in [0.3, 0.4) is 0 Å². The second-order valence-electron chi connectivity index (χ2n) is 6.35. The van der Waals surface area contributed by atoms with Crippen LogP contribution >= 0.6 is 22.6 Å². The lowest BCUT2D eigenvalue weighted by atomic mass is 10.0. The quantitative estimate of drug-likeness (QED) is 0.384. The van der Waals surface area contributed by atoms with Crippen LogP contribution in [-0.4, -0.2) is 47.0 Å². The molecule has 8 heteroatoms. The first-order valence-corrected chi connectivity index (χ1v) is 9.70. The molecule has 2 aromatic carbocycles. The van der Waals surface area contributed by atoms with Crippen LogP contribution in [0.2, 0.25) is 0 Å². The molecule has 146 valence electrons. The number of carboxylic acid groups (broad SMARTS) is 1. The van der Waals surface area contributed by atoms with E-state index in [1.54, 1.807) is 6.07 Å². The standard InChI is InChI=1S/C20H17FINO5/c21-15-10-13(9-14(18(15)22)12-5-2-1-3-6-12)17(24)11-28-19(25)16-7-4-8-23(16)20(26)27/h1-3,5-6,9-10,16H,4,7-8,11H2,(H,26,27). The Hall–Kier alpha value is -2.49. The van der Waals surface area contributed by atoms with Crippen molar-refractivity contribution in [1.82, 2.24) is 4.90 Å². The van der Waals surface area contributed by atoms with E-state index >= 15 is 0 Å². The van der Waals surface area contributed by atoms with Crippen molar-refractivity contribution in [1.29, 1.82) is 0 Å². The van der Waals surface area contributed by atoms with Gasteiger partial charge in [-0.25, -0.2) is 14.0 Å². The van der Waals surface area contributed by atoms with Gasteiger partial charge in [0.1, 0.15) is 11.9 Å². The average molecular weight is 497 g/mol. The zero-order chi connectivity index (χ0) is 20.3. The summed E-state index contributed by atoms with van der Waals surface area (Å²) in [5.74, 6) is -1.85. The molecular formula is C20H17FINO5. The number of carbonyl (C=O) groups is 3. The second kappa shape index (κ2) is 8.68. The molecule has 1 unspecified atom stereocenters. The van der Waals surface area contributed by atoms with Crippen LogP contribution < -0.4 is 0 Å². The number of rotatable bonds is 5. The summed E-state index contributed by atoms with van der Waals surface area (Å²) in [6.07, 6.45) is -0.281. The van der Waals surface area contributed by atoms with E-state index in [4.69, 9.17) is 9.84 Å². The summed E-state index contributed by atoms with van der Waals surface area (Å²) in [5.41, 5.74) is 1.43. The first kappa shape index (κ1) is 20.2. The molecule has 0 aromatic heterocycles. The van der Waals surface area contributed by atoms with Crippen LogP contribution in [0.5, 0.6) is 0 Å². The molecule has 0 spiro atoms. The van der Waals surface area contributed by atoms with Crippen molar-refractivity contribution >= 4 is 40.4 Å². The molecule has 1 aliphatic heterocycles. The van der Waals surface area contributed by atoms with Crippen molar-refractivity contribution in [2.75, 3.05) is 13.2 Å². The molecule has 1 fully saturated rings. The molecule has 1 saturated heterocycles. The Morgan fingerprint density at radius 2 is 1.93 bits per heavy atom. The number of ketones is 1. The SMILES string of the molecule is O=C(COC(=O)C1CCCN1C(=O)O)c1cc(F)c(I)c(-c2ccccc2)c1. The Bertz CT molecular complexity index is 918. The number of Topliss-reactive ketones (excluding diaryl/α,β-unsaturated/α-hetero) is 1. The first-order chi connectivity index (χ1) is 13.4. The van der Waals surface area contributed by atoms with Gasteiger partial charge < -0.3 is 9.84 Å². The third kappa shape index (κ3) is 4.32. The summed E-state index contributed by atoms with van der Waals surface area (Å²) < 4.78 is 19.7. The molecule has 3 rings (SSSR count). The summed E-state index contributed by atoms with van der Waals surface area (Å²) in [5, 5.41) is 9.09. The maximum atomic E-state index is 14.3. The fourth-order valence-electron chi connectivity index (χ4n) is 3.13. The van der Waals surface area contributed by atoms with Crippen LogP contribution in [0.1, 0.15) is 23.2 Å². The minimum atomic E-state index is -1.20. The van der Waals surface area contributed by atoms with E-state index in [9.17, 15) is 18.8 Å². The molecule has 0 bridgehead atoms. The highest BCUT2D eigenvalue weighted by atomic mass is 127. The maximum Gasteiger partial charge on any atom is 0.408 e. The van der Waals surface area contributed by atoms with Crippen molar-refractivity contribution in [2.45, 2.75) is 18.9 Å². The molecule has 28 heavy (non-hydrogen) atoms. The lowest BCUT2D eigenvalue weighted by Crippen LogP contribution is -2.41. The van der Waals surface area contributed by atoms with E-state index in [1.165, 1.54) is 0 Å². The number of hydrogen-bond donors (Lipinski definition) is 1. The number of ether oxygens (including phenoxy) is 1. The average Bonchev–Trinajstić information content (AvgIpc) is 3.19. The van der Waals surface area contributed by atoms with E-state index in [-0.39, 0.29) is 12.1 Å². The van der Waals surface area contributed by atoms with Crippen molar-refractivity contribution in [2.24, 2.45) is 0 Å². The number of esters is 1. The zero-order valence-electron chi connectivity index (χ0n) is 14.7. The molecule has 2 aromatic rings. The normalized spacial score (nSPS) is 16.1. The highest BCUT2D eigenvalue weighted by Crippen LogP contribution is 2.29. The number of benzene rings is 2. The van der Waals surface area contributed by atoms with E-state index in [0.717, 1.165) is 16.5 Å². The summed E-state index contributed by atoms with van der Waals surface area (Å²) in [7, 11) is 0. The van der Waals surface area contributed by atoms with Crippen LogP contribution in [0, 0.1) is 9.39 Å². The number of carbonyl (C=O) groups excluding carboxylic acids is 2. The third-order valence-corrected chi connectivity index (χ3v) is 5.65. The Morgan fingerprint density at radius 1 is 1.21 bits per heavy atom. The molecule has 1 atom stereocenters. The number of likely N-dealkylation sites (tertiary alicyclic amines) is 1. The molecule has 1 N–H and O–H groups in total. The summed E-state index contributed by atoms with van der Waals surface area (Å²) in [6.45, 7) is -0.317. The third-order valence-electron chi connectivity index (χ3n) is 4.55. The van der Waals surface area contributed by atoms with E-state index < -0.39 is 36.3 Å². The van der Waals surface area contributed by atoms with E-state index in [0.29, 0.717) is 22.0 Å². The fourth-order valence-corrected chi connectivity index (χ4v) is 3.76. The first-order valence-electron chi connectivity index (χ1n) is 8.62. The predicted octanol–water partition coefficient (Wildman–Crippen LogP) is 3.97. The number of hydrogen-bond acceptors (Lipinski definition) is 4. The minimum Gasteiger partial charge on any atom is -0.465 e. The highest BCUT2D eigenvalue weighted by Gasteiger charge is 2.35. The van der Waals surface area contributed by atoms with Gasteiger partial charge in [0.05, 0.1) is 3.57 Å². The molecule has 1 aliphatic rings. The number of halogens is 2. The monoisotopic (exact) mass is 497 g/mol. The minimum absolute atomic E-state index is 0.0890.